The molecule has 2 aromatic rings. The SMILES string of the molecule is Cc1c(C(=O)NCCCOCCO)cccc1-c1ccccn1. The Hall–Kier alpha value is -2.24. The van der Waals surface area contributed by atoms with Crippen molar-refractivity contribution >= 4 is 5.91 Å². The molecule has 5 heteroatoms. The molecule has 1 aromatic heterocycles. The van der Waals surface area contributed by atoms with Crippen molar-refractivity contribution in [1.29, 1.82) is 0 Å². The summed E-state index contributed by atoms with van der Waals surface area (Å²) in [5, 5.41) is 11.5. The van der Waals surface area contributed by atoms with Crippen LogP contribution in [-0.2, 0) is 4.74 Å². The number of benzene rings is 1. The molecule has 0 fully saturated rings. The topological polar surface area (TPSA) is 71.5 Å². The Labute approximate surface area is 136 Å². The van der Waals surface area contributed by atoms with Crippen LogP contribution in [0.15, 0.2) is 42.6 Å². The van der Waals surface area contributed by atoms with Crippen LogP contribution in [0.1, 0.15) is 22.3 Å². The fourth-order valence-corrected chi connectivity index (χ4v) is 2.32. The second kappa shape index (κ2) is 9.02. The average Bonchev–Trinajstić information content (AvgIpc) is 2.59. The molecule has 0 aliphatic carbocycles. The van der Waals surface area contributed by atoms with E-state index in [1.54, 1.807) is 6.20 Å². The summed E-state index contributed by atoms with van der Waals surface area (Å²) >= 11 is 0. The maximum absolute atomic E-state index is 12.3. The highest BCUT2D eigenvalue weighted by Crippen LogP contribution is 2.23. The van der Waals surface area contributed by atoms with Crippen LogP contribution < -0.4 is 5.32 Å². The van der Waals surface area contributed by atoms with Crippen molar-refractivity contribution in [3.05, 3.63) is 53.7 Å². The molecule has 1 amide bonds. The molecule has 0 saturated heterocycles. The molecule has 0 atom stereocenters. The molecule has 0 spiro atoms. The van der Waals surface area contributed by atoms with E-state index in [1.807, 2.05) is 43.3 Å². The third-order valence-electron chi connectivity index (χ3n) is 3.51. The van der Waals surface area contributed by atoms with E-state index < -0.39 is 0 Å². The number of aliphatic hydroxyl groups excluding tert-OH is 1. The number of amides is 1. The van der Waals surface area contributed by atoms with Crippen molar-refractivity contribution in [3.63, 3.8) is 0 Å². The third-order valence-corrected chi connectivity index (χ3v) is 3.51. The smallest absolute Gasteiger partial charge is 0.251 e. The van der Waals surface area contributed by atoms with Gasteiger partial charge in [-0.2, -0.15) is 0 Å². The number of hydrogen-bond acceptors (Lipinski definition) is 4. The largest absolute Gasteiger partial charge is 0.394 e. The molecule has 5 nitrogen and oxygen atoms in total. The summed E-state index contributed by atoms with van der Waals surface area (Å²) in [5.41, 5.74) is 3.39. The number of nitrogens with one attached hydrogen (secondary N) is 1. The molecule has 1 heterocycles. The van der Waals surface area contributed by atoms with E-state index in [4.69, 9.17) is 9.84 Å². The molecular formula is C18H22N2O3. The van der Waals surface area contributed by atoms with Gasteiger partial charge in [-0.1, -0.05) is 18.2 Å². The molecule has 0 saturated carbocycles. The zero-order valence-corrected chi connectivity index (χ0v) is 13.3. The van der Waals surface area contributed by atoms with E-state index in [2.05, 4.69) is 10.3 Å². The van der Waals surface area contributed by atoms with E-state index in [9.17, 15) is 4.79 Å². The predicted octanol–water partition coefficient (Wildman–Crippen LogP) is 2.19. The first-order chi connectivity index (χ1) is 11.2. The lowest BCUT2D eigenvalue weighted by Crippen LogP contribution is -2.26. The number of rotatable bonds is 8. The maximum atomic E-state index is 12.3. The molecule has 23 heavy (non-hydrogen) atoms. The van der Waals surface area contributed by atoms with Crippen LogP contribution >= 0.6 is 0 Å². The lowest BCUT2D eigenvalue weighted by Gasteiger charge is -2.11. The minimum absolute atomic E-state index is 0.0197. The molecule has 1 aromatic carbocycles. The van der Waals surface area contributed by atoms with Crippen LogP contribution in [0.25, 0.3) is 11.3 Å². The normalized spacial score (nSPS) is 10.5. The monoisotopic (exact) mass is 314 g/mol. The number of nitrogens with zero attached hydrogens (tertiary/aromatic N) is 1. The van der Waals surface area contributed by atoms with Gasteiger partial charge in [0.15, 0.2) is 0 Å². The summed E-state index contributed by atoms with van der Waals surface area (Å²) in [7, 11) is 0. The highest BCUT2D eigenvalue weighted by atomic mass is 16.5. The predicted molar refractivity (Wildman–Crippen MR) is 89.3 cm³/mol. The third kappa shape index (κ3) is 4.87. The average molecular weight is 314 g/mol. The molecule has 0 aliphatic heterocycles. The van der Waals surface area contributed by atoms with Crippen molar-refractivity contribution in [1.82, 2.24) is 10.3 Å². The second-order valence-electron chi connectivity index (χ2n) is 5.14. The molecule has 0 radical (unpaired) electrons. The van der Waals surface area contributed by atoms with E-state index in [-0.39, 0.29) is 12.5 Å². The summed E-state index contributed by atoms with van der Waals surface area (Å²) < 4.78 is 5.16. The van der Waals surface area contributed by atoms with Crippen molar-refractivity contribution in [2.45, 2.75) is 13.3 Å². The van der Waals surface area contributed by atoms with Crippen LogP contribution in [0, 0.1) is 6.92 Å². The molecule has 122 valence electrons. The Morgan fingerprint density at radius 1 is 1.22 bits per heavy atom. The lowest BCUT2D eigenvalue weighted by atomic mass is 9.99. The molecule has 2 rings (SSSR count). The number of carbonyl (C=O) groups excluding carboxylic acids is 1. The standard InChI is InChI=1S/C18H22N2O3/c1-14-15(17-8-2-3-9-19-17)6-4-7-16(14)18(22)20-10-5-12-23-13-11-21/h2-4,6-9,21H,5,10-13H2,1H3,(H,20,22). The van der Waals surface area contributed by atoms with Crippen molar-refractivity contribution in [2.24, 2.45) is 0 Å². The van der Waals surface area contributed by atoms with E-state index in [1.165, 1.54) is 0 Å². The maximum Gasteiger partial charge on any atom is 0.251 e. The Morgan fingerprint density at radius 2 is 2.09 bits per heavy atom. The van der Waals surface area contributed by atoms with E-state index in [0.717, 1.165) is 16.8 Å². The molecule has 0 bridgehead atoms. The van der Waals surface area contributed by atoms with Gasteiger partial charge in [0, 0.05) is 30.5 Å². The number of aromatic nitrogens is 1. The van der Waals surface area contributed by atoms with Gasteiger partial charge in [0.1, 0.15) is 0 Å². The Kier molecular flexibility index (Phi) is 6.72. The zero-order chi connectivity index (χ0) is 16.5. The van der Waals surface area contributed by atoms with Gasteiger partial charge in [0.25, 0.3) is 5.91 Å². The van der Waals surface area contributed by atoms with Gasteiger partial charge in [-0.05, 0) is 37.1 Å². The van der Waals surface area contributed by atoms with Crippen LogP contribution in [0.3, 0.4) is 0 Å². The van der Waals surface area contributed by atoms with Crippen LogP contribution in [0.5, 0.6) is 0 Å². The van der Waals surface area contributed by atoms with Crippen LogP contribution in [0.4, 0.5) is 0 Å². The summed E-state index contributed by atoms with van der Waals surface area (Å²) in [5.74, 6) is -0.0950. The number of pyridine rings is 1. The molecule has 0 unspecified atom stereocenters. The fourth-order valence-electron chi connectivity index (χ4n) is 2.32. The first kappa shape index (κ1) is 17.1. The summed E-state index contributed by atoms with van der Waals surface area (Å²) in [4.78, 5) is 16.7. The first-order valence-corrected chi connectivity index (χ1v) is 7.72. The van der Waals surface area contributed by atoms with E-state index >= 15 is 0 Å². The fraction of sp³-hybridized carbons (Fsp3) is 0.333. The van der Waals surface area contributed by atoms with Crippen LogP contribution in [-0.4, -0.2) is 42.4 Å². The van der Waals surface area contributed by atoms with Crippen LogP contribution in [0.2, 0.25) is 0 Å². The van der Waals surface area contributed by atoms with Gasteiger partial charge >= 0.3 is 0 Å². The second-order valence-corrected chi connectivity index (χ2v) is 5.14. The van der Waals surface area contributed by atoms with Crippen molar-refractivity contribution in [3.8, 4) is 11.3 Å². The van der Waals surface area contributed by atoms with Gasteiger partial charge in [-0.25, -0.2) is 0 Å². The van der Waals surface area contributed by atoms with Gasteiger partial charge in [0.05, 0.1) is 18.9 Å². The summed E-state index contributed by atoms with van der Waals surface area (Å²) in [6.07, 6.45) is 2.46. The number of hydrogen-bond donors (Lipinski definition) is 2. The Balaban J connectivity index is 1.99. The quantitative estimate of drug-likeness (QED) is 0.733. The number of aliphatic hydroxyl groups is 1. The van der Waals surface area contributed by atoms with Gasteiger partial charge < -0.3 is 15.2 Å². The minimum Gasteiger partial charge on any atom is -0.394 e. The highest BCUT2D eigenvalue weighted by molar-refractivity contribution is 5.97. The summed E-state index contributed by atoms with van der Waals surface area (Å²) in [6, 6.07) is 11.4. The van der Waals surface area contributed by atoms with Crippen molar-refractivity contribution in [2.75, 3.05) is 26.4 Å². The highest BCUT2D eigenvalue weighted by Gasteiger charge is 2.12. The number of carbonyl (C=O) groups is 1. The van der Waals surface area contributed by atoms with Gasteiger partial charge in [-0.3, -0.25) is 9.78 Å². The van der Waals surface area contributed by atoms with Gasteiger partial charge in [0.2, 0.25) is 0 Å². The lowest BCUT2D eigenvalue weighted by molar-refractivity contribution is 0.0867. The summed E-state index contributed by atoms with van der Waals surface area (Å²) in [6.45, 7) is 3.35. The van der Waals surface area contributed by atoms with Gasteiger partial charge in [-0.15, -0.1) is 0 Å². The number of ether oxygens (including phenoxy) is 1. The molecule has 2 N–H and O–H groups in total. The Bertz CT molecular complexity index is 629. The Morgan fingerprint density at radius 3 is 2.83 bits per heavy atom. The molecule has 0 aliphatic rings. The first-order valence-electron chi connectivity index (χ1n) is 7.72. The van der Waals surface area contributed by atoms with E-state index in [0.29, 0.717) is 31.7 Å². The van der Waals surface area contributed by atoms with Crippen molar-refractivity contribution < 1.29 is 14.6 Å². The zero-order valence-electron chi connectivity index (χ0n) is 13.3. The minimum atomic E-state index is -0.0950. The molecular weight excluding hydrogens is 292 g/mol.